The molecule has 1 N–H and O–H groups in total. The number of para-hydroxylation sites is 2. The van der Waals surface area contributed by atoms with Crippen LogP contribution in [0.2, 0.25) is 0 Å². The van der Waals surface area contributed by atoms with Crippen LogP contribution in [0.3, 0.4) is 0 Å². The SMILES string of the molecule is Cn1c(NCc2ccncn2)nc2ccccc21. The fourth-order valence-corrected chi connectivity index (χ4v) is 1.90. The summed E-state index contributed by atoms with van der Waals surface area (Å²) < 4.78 is 2.04. The molecule has 0 bridgehead atoms. The number of rotatable bonds is 3. The summed E-state index contributed by atoms with van der Waals surface area (Å²) in [6, 6.07) is 9.95. The van der Waals surface area contributed by atoms with Gasteiger partial charge in [-0.3, -0.25) is 0 Å². The Morgan fingerprint density at radius 2 is 2.11 bits per heavy atom. The van der Waals surface area contributed by atoms with Gasteiger partial charge < -0.3 is 9.88 Å². The van der Waals surface area contributed by atoms with Crippen LogP contribution < -0.4 is 5.32 Å². The average Bonchev–Trinajstić information content (AvgIpc) is 2.75. The first-order valence-corrected chi connectivity index (χ1v) is 5.75. The third-order valence-corrected chi connectivity index (χ3v) is 2.86. The Morgan fingerprint density at radius 1 is 1.22 bits per heavy atom. The quantitative estimate of drug-likeness (QED) is 0.759. The molecular weight excluding hydrogens is 226 g/mol. The van der Waals surface area contributed by atoms with Crippen molar-refractivity contribution in [3.63, 3.8) is 0 Å². The Morgan fingerprint density at radius 3 is 2.89 bits per heavy atom. The van der Waals surface area contributed by atoms with Crippen molar-refractivity contribution in [1.82, 2.24) is 19.5 Å². The minimum Gasteiger partial charge on any atom is -0.350 e. The van der Waals surface area contributed by atoms with E-state index in [-0.39, 0.29) is 0 Å². The van der Waals surface area contributed by atoms with E-state index in [0.29, 0.717) is 6.54 Å². The maximum absolute atomic E-state index is 4.54. The number of nitrogens with zero attached hydrogens (tertiary/aromatic N) is 4. The molecule has 0 amide bonds. The molecule has 5 nitrogen and oxygen atoms in total. The zero-order chi connectivity index (χ0) is 12.4. The molecule has 0 aliphatic rings. The van der Waals surface area contributed by atoms with Crippen molar-refractivity contribution in [3.05, 3.63) is 48.5 Å². The van der Waals surface area contributed by atoms with Gasteiger partial charge in [-0.2, -0.15) is 0 Å². The molecule has 3 aromatic rings. The Kier molecular flexibility index (Phi) is 2.64. The molecule has 0 saturated carbocycles. The second-order valence-electron chi connectivity index (χ2n) is 4.04. The highest BCUT2D eigenvalue weighted by Crippen LogP contribution is 2.17. The van der Waals surface area contributed by atoms with Crippen LogP contribution in [0.5, 0.6) is 0 Å². The van der Waals surface area contributed by atoms with Crippen LogP contribution in [0, 0.1) is 0 Å². The lowest BCUT2D eigenvalue weighted by Crippen LogP contribution is -2.06. The number of imidazole rings is 1. The molecule has 0 saturated heterocycles. The highest BCUT2D eigenvalue weighted by Gasteiger charge is 2.06. The summed E-state index contributed by atoms with van der Waals surface area (Å²) in [6.07, 6.45) is 3.28. The van der Waals surface area contributed by atoms with Crippen molar-refractivity contribution in [2.75, 3.05) is 5.32 Å². The van der Waals surface area contributed by atoms with Crippen molar-refractivity contribution in [3.8, 4) is 0 Å². The second-order valence-corrected chi connectivity index (χ2v) is 4.04. The standard InChI is InChI=1S/C13H13N5/c1-18-12-5-3-2-4-11(12)17-13(18)15-8-10-6-7-14-9-16-10/h2-7,9H,8H2,1H3,(H,15,17). The fraction of sp³-hybridized carbons (Fsp3) is 0.154. The van der Waals surface area contributed by atoms with Gasteiger partial charge >= 0.3 is 0 Å². The van der Waals surface area contributed by atoms with E-state index in [0.717, 1.165) is 22.7 Å². The summed E-state index contributed by atoms with van der Waals surface area (Å²) in [7, 11) is 2.00. The van der Waals surface area contributed by atoms with Gasteiger partial charge in [0.05, 0.1) is 23.3 Å². The predicted molar refractivity (Wildman–Crippen MR) is 70.1 cm³/mol. The summed E-state index contributed by atoms with van der Waals surface area (Å²) in [4.78, 5) is 12.6. The van der Waals surface area contributed by atoms with E-state index in [1.165, 1.54) is 0 Å². The van der Waals surface area contributed by atoms with Gasteiger partial charge in [-0.25, -0.2) is 15.0 Å². The molecule has 0 spiro atoms. The van der Waals surface area contributed by atoms with Gasteiger partial charge in [0.1, 0.15) is 6.33 Å². The van der Waals surface area contributed by atoms with Crippen LogP contribution in [-0.4, -0.2) is 19.5 Å². The molecule has 0 aliphatic heterocycles. The van der Waals surface area contributed by atoms with E-state index in [1.54, 1.807) is 12.5 Å². The van der Waals surface area contributed by atoms with Crippen molar-refractivity contribution >= 4 is 17.0 Å². The normalized spacial score (nSPS) is 10.7. The minimum absolute atomic E-state index is 0.639. The predicted octanol–water partition coefficient (Wildman–Crippen LogP) is 1.98. The van der Waals surface area contributed by atoms with Crippen molar-refractivity contribution in [1.29, 1.82) is 0 Å². The third-order valence-electron chi connectivity index (χ3n) is 2.86. The number of hydrogen-bond donors (Lipinski definition) is 1. The van der Waals surface area contributed by atoms with E-state index in [1.807, 2.05) is 35.9 Å². The summed E-state index contributed by atoms with van der Waals surface area (Å²) in [5, 5.41) is 3.28. The minimum atomic E-state index is 0.639. The lowest BCUT2D eigenvalue weighted by atomic mass is 10.3. The molecule has 0 radical (unpaired) electrons. The second kappa shape index (κ2) is 4.44. The Hall–Kier alpha value is -2.43. The van der Waals surface area contributed by atoms with E-state index in [4.69, 9.17) is 0 Å². The number of aryl methyl sites for hydroxylation is 1. The maximum Gasteiger partial charge on any atom is 0.203 e. The van der Waals surface area contributed by atoms with Crippen molar-refractivity contribution < 1.29 is 0 Å². The molecule has 18 heavy (non-hydrogen) atoms. The number of anilines is 1. The van der Waals surface area contributed by atoms with Gasteiger partial charge in [-0.15, -0.1) is 0 Å². The summed E-state index contributed by atoms with van der Waals surface area (Å²) in [5.41, 5.74) is 3.05. The summed E-state index contributed by atoms with van der Waals surface area (Å²) in [5.74, 6) is 0.842. The summed E-state index contributed by atoms with van der Waals surface area (Å²) in [6.45, 7) is 0.639. The van der Waals surface area contributed by atoms with Crippen LogP contribution in [0.15, 0.2) is 42.9 Å². The zero-order valence-corrected chi connectivity index (χ0v) is 10.0. The van der Waals surface area contributed by atoms with Gasteiger partial charge in [-0.05, 0) is 18.2 Å². The molecule has 0 unspecified atom stereocenters. The number of hydrogen-bond acceptors (Lipinski definition) is 4. The topological polar surface area (TPSA) is 55.6 Å². The zero-order valence-electron chi connectivity index (χ0n) is 10.0. The molecule has 0 atom stereocenters. The van der Waals surface area contributed by atoms with E-state index in [2.05, 4.69) is 26.3 Å². The lowest BCUT2D eigenvalue weighted by molar-refractivity contribution is 0.911. The van der Waals surface area contributed by atoms with Gasteiger partial charge in [0, 0.05) is 13.2 Å². The first-order chi connectivity index (χ1) is 8.84. The van der Waals surface area contributed by atoms with Gasteiger partial charge in [0.2, 0.25) is 5.95 Å². The number of fused-ring (bicyclic) bond motifs is 1. The third kappa shape index (κ3) is 1.90. The van der Waals surface area contributed by atoms with Crippen LogP contribution >= 0.6 is 0 Å². The van der Waals surface area contributed by atoms with E-state index >= 15 is 0 Å². The Labute approximate surface area is 105 Å². The smallest absolute Gasteiger partial charge is 0.203 e. The molecule has 1 aromatic carbocycles. The summed E-state index contributed by atoms with van der Waals surface area (Å²) >= 11 is 0. The lowest BCUT2D eigenvalue weighted by Gasteiger charge is -2.05. The highest BCUT2D eigenvalue weighted by molar-refractivity contribution is 5.78. The maximum atomic E-state index is 4.54. The first-order valence-electron chi connectivity index (χ1n) is 5.75. The molecular formula is C13H13N5. The number of benzene rings is 1. The molecule has 90 valence electrons. The highest BCUT2D eigenvalue weighted by atomic mass is 15.2. The first kappa shape index (κ1) is 10.7. The Bertz CT molecular complexity index is 659. The van der Waals surface area contributed by atoms with Gasteiger partial charge in [0.15, 0.2) is 0 Å². The van der Waals surface area contributed by atoms with E-state index < -0.39 is 0 Å². The molecule has 2 aromatic heterocycles. The van der Waals surface area contributed by atoms with Crippen molar-refractivity contribution in [2.45, 2.75) is 6.54 Å². The largest absolute Gasteiger partial charge is 0.350 e. The van der Waals surface area contributed by atoms with Crippen LogP contribution in [0.4, 0.5) is 5.95 Å². The molecule has 2 heterocycles. The van der Waals surface area contributed by atoms with Gasteiger partial charge in [-0.1, -0.05) is 12.1 Å². The van der Waals surface area contributed by atoms with Crippen LogP contribution in [-0.2, 0) is 13.6 Å². The fourth-order valence-electron chi connectivity index (χ4n) is 1.90. The molecule has 0 fully saturated rings. The van der Waals surface area contributed by atoms with Gasteiger partial charge in [0.25, 0.3) is 0 Å². The van der Waals surface area contributed by atoms with E-state index in [9.17, 15) is 0 Å². The number of aromatic nitrogens is 4. The average molecular weight is 239 g/mol. The molecule has 5 heteroatoms. The van der Waals surface area contributed by atoms with Crippen LogP contribution in [0.25, 0.3) is 11.0 Å². The van der Waals surface area contributed by atoms with Crippen molar-refractivity contribution in [2.24, 2.45) is 7.05 Å². The van der Waals surface area contributed by atoms with Crippen LogP contribution in [0.1, 0.15) is 5.69 Å². The molecule has 3 rings (SSSR count). The number of nitrogens with one attached hydrogen (secondary N) is 1. The molecule has 0 aliphatic carbocycles. The Balaban J connectivity index is 1.85. The monoisotopic (exact) mass is 239 g/mol.